The van der Waals surface area contributed by atoms with Crippen LogP contribution in [0.2, 0.25) is 15.1 Å². The molecule has 0 radical (unpaired) electrons. The predicted octanol–water partition coefficient (Wildman–Crippen LogP) is 5.91. The Morgan fingerprint density at radius 2 is 1.67 bits per heavy atom. The molecule has 4 nitrogen and oxygen atoms in total. The molecule has 0 fully saturated rings. The smallest absolute Gasteiger partial charge is 0.243 e. The van der Waals surface area contributed by atoms with E-state index in [0.717, 1.165) is 11.1 Å². The predicted molar refractivity (Wildman–Crippen MR) is 124 cm³/mol. The fourth-order valence-electron chi connectivity index (χ4n) is 3.11. The highest BCUT2D eigenvalue weighted by atomic mass is 35.5. The summed E-state index contributed by atoms with van der Waals surface area (Å²) in [6.45, 7) is 7.85. The van der Waals surface area contributed by atoms with Gasteiger partial charge in [0.05, 0.1) is 16.5 Å². The van der Waals surface area contributed by atoms with E-state index < -0.39 is 11.6 Å². The van der Waals surface area contributed by atoms with E-state index in [1.807, 2.05) is 45.9 Å². The van der Waals surface area contributed by atoms with Crippen molar-refractivity contribution in [1.29, 1.82) is 0 Å². The molecule has 0 aliphatic rings. The van der Waals surface area contributed by atoms with Crippen LogP contribution in [0.5, 0.6) is 0 Å². The van der Waals surface area contributed by atoms with Gasteiger partial charge in [0.25, 0.3) is 0 Å². The van der Waals surface area contributed by atoms with Crippen molar-refractivity contribution in [2.24, 2.45) is 0 Å². The van der Waals surface area contributed by atoms with Crippen LogP contribution in [0.1, 0.15) is 45.2 Å². The van der Waals surface area contributed by atoms with Crippen LogP contribution in [0.3, 0.4) is 0 Å². The summed E-state index contributed by atoms with van der Waals surface area (Å²) < 4.78 is 0. The number of nitrogens with one attached hydrogen (secondary N) is 1. The number of carbonyl (C=O) groups excluding carboxylic acids is 2. The van der Waals surface area contributed by atoms with Gasteiger partial charge in [-0.05, 0) is 56.5 Å². The van der Waals surface area contributed by atoms with Crippen LogP contribution in [0.15, 0.2) is 42.5 Å². The lowest BCUT2D eigenvalue weighted by atomic mass is 10.0. The third-order valence-electron chi connectivity index (χ3n) is 4.52. The van der Waals surface area contributed by atoms with E-state index in [2.05, 4.69) is 5.32 Å². The summed E-state index contributed by atoms with van der Waals surface area (Å²) in [4.78, 5) is 27.9. The number of nitrogens with zero attached hydrogens (tertiary/aromatic N) is 1. The molecule has 0 aromatic heterocycles. The van der Waals surface area contributed by atoms with Gasteiger partial charge in [-0.3, -0.25) is 9.59 Å². The van der Waals surface area contributed by atoms with Gasteiger partial charge in [-0.2, -0.15) is 0 Å². The first-order chi connectivity index (χ1) is 14.0. The number of rotatable bonds is 7. The van der Waals surface area contributed by atoms with Crippen LogP contribution >= 0.6 is 34.8 Å². The highest BCUT2D eigenvalue weighted by molar-refractivity contribution is 6.42. The second-order valence-electron chi connectivity index (χ2n) is 8.20. The highest BCUT2D eigenvalue weighted by Gasteiger charge is 2.31. The molecule has 7 heteroatoms. The highest BCUT2D eigenvalue weighted by Crippen LogP contribution is 2.25. The van der Waals surface area contributed by atoms with Crippen LogP contribution in [-0.2, 0) is 22.6 Å². The average Bonchev–Trinajstić information content (AvgIpc) is 2.64. The van der Waals surface area contributed by atoms with Gasteiger partial charge < -0.3 is 10.2 Å². The molecule has 0 aliphatic carbocycles. The van der Waals surface area contributed by atoms with Gasteiger partial charge in [-0.15, -0.1) is 0 Å². The molecule has 2 rings (SSSR count). The maximum Gasteiger partial charge on any atom is 0.243 e. The van der Waals surface area contributed by atoms with Crippen LogP contribution in [0.4, 0.5) is 0 Å². The molecule has 162 valence electrons. The summed E-state index contributed by atoms with van der Waals surface area (Å²) in [7, 11) is 0. The molecule has 0 heterocycles. The summed E-state index contributed by atoms with van der Waals surface area (Å²) in [5, 5.41) is 4.34. The minimum atomic E-state index is -0.631. The Morgan fingerprint density at radius 1 is 1.00 bits per heavy atom. The van der Waals surface area contributed by atoms with Gasteiger partial charge in [-0.1, -0.05) is 66.0 Å². The van der Waals surface area contributed by atoms with E-state index in [0.29, 0.717) is 21.5 Å². The third-order valence-corrected chi connectivity index (χ3v) is 5.63. The molecule has 2 amide bonds. The first-order valence-corrected chi connectivity index (χ1v) is 10.9. The second kappa shape index (κ2) is 10.5. The number of hydrogen-bond donors (Lipinski definition) is 1. The van der Waals surface area contributed by atoms with Crippen molar-refractivity contribution < 1.29 is 9.59 Å². The summed E-state index contributed by atoms with van der Waals surface area (Å²) in [5.41, 5.74) is 1.10. The molecule has 2 aromatic carbocycles. The van der Waals surface area contributed by atoms with E-state index in [-0.39, 0.29) is 24.8 Å². The first-order valence-electron chi connectivity index (χ1n) is 9.80. The van der Waals surface area contributed by atoms with E-state index >= 15 is 0 Å². The zero-order valence-corrected chi connectivity index (χ0v) is 19.9. The molecule has 0 aliphatic heterocycles. The lowest BCUT2D eigenvalue weighted by molar-refractivity contribution is -0.141. The number of benzene rings is 2. The molecule has 0 saturated carbocycles. The van der Waals surface area contributed by atoms with Crippen LogP contribution in [-0.4, -0.2) is 28.3 Å². The second-order valence-corrected chi connectivity index (χ2v) is 9.42. The van der Waals surface area contributed by atoms with Crippen molar-refractivity contribution in [1.82, 2.24) is 10.2 Å². The van der Waals surface area contributed by atoms with Crippen molar-refractivity contribution in [3.8, 4) is 0 Å². The zero-order chi connectivity index (χ0) is 22.5. The van der Waals surface area contributed by atoms with Crippen molar-refractivity contribution in [3.63, 3.8) is 0 Å². The Kier molecular flexibility index (Phi) is 8.60. The van der Waals surface area contributed by atoms with Gasteiger partial charge in [0, 0.05) is 17.1 Å². The molecule has 1 atom stereocenters. The van der Waals surface area contributed by atoms with Gasteiger partial charge in [0.15, 0.2) is 0 Å². The number of hydrogen-bond acceptors (Lipinski definition) is 2. The van der Waals surface area contributed by atoms with E-state index in [4.69, 9.17) is 34.8 Å². The fourth-order valence-corrected chi connectivity index (χ4v) is 3.64. The molecular formula is C23H27Cl3N2O2. The zero-order valence-electron chi connectivity index (χ0n) is 17.6. The van der Waals surface area contributed by atoms with Crippen molar-refractivity contribution in [2.45, 2.75) is 58.7 Å². The first kappa shape index (κ1) is 24.5. The summed E-state index contributed by atoms with van der Waals surface area (Å²) in [6.07, 6.45) is 0.567. The lowest BCUT2D eigenvalue weighted by Gasteiger charge is -2.33. The van der Waals surface area contributed by atoms with Gasteiger partial charge in [-0.25, -0.2) is 0 Å². The fraction of sp³-hybridized carbons (Fsp3) is 0.391. The Hall–Kier alpha value is -1.75. The number of halogens is 3. The molecule has 1 N–H and O–H groups in total. The summed E-state index contributed by atoms with van der Waals surface area (Å²) in [6, 6.07) is 11.8. The normalized spacial score (nSPS) is 12.4. The van der Waals surface area contributed by atoms with Crippen LogP contribution in [0.25, 0.3) is 0 Å². The maximum absolute atomic E-state index is 13.3. The van der Waals surface area contributed by atoms with Crippen molar-refractivity contribution in [3.05, 3.63) is 68.7 Å². The van der Waals surface area contributed by atoms with E-state index in [1.54, 1.807) is 29.2 Å². The summed E-state index contributed by atoms with van der Waals surface area (Å²) >= 11 is 18.4. The molecule has 2 aromatic rings. The minimum Gasteiger partial charge on any atom is -0.350 e. The Bertz CT molecular complexity index is 910. The van der Waals surface area contributed by atoms with E-state index in [9.17, 15) is 9.59 Å². The molecule has 0 saturated heterocycles. The van der Waals surface area contributed by atoms with E-state index in [1.165, 1.54) is 0 Å². The standard InChI is InChI=1S/C23H27Cl3N2O2/c1-5-20(22(30)27-23(2,3)4)28(14-15-10-11-18(25)19(26)12-15)21(29)13-16-8-6-7-9-17(16)24/h6-12,20H,5,13-14H2,1-4H3,(H,27,30)/t20-/m1/s1. The van der Waals surface area contributed by atoms with Crippen LogP contribution < -0.4 is 5.32 Å². The monoisotopic (exact) mass is 468 g/mol. The van der Waals surface area contributed by atoms with Gasteiger partial charge in [0.2, 0.25) is 11.8 Å². The molecular weight excluding hydrogens is 443 g/mol. The van der Waals surface area contributed by atoms with Crippen molar-refractivity contribution >= 4 is 46.6 Å². The third kappa shape index (κ3) is 6.90. The maximum atomic E-state index is 13.3. The largest absolute Gasteiger partial charge is 0.350 e. The average molecular weight is 470 g/mol. The topological polar surface area (TPSA) is 49.4 Å². The molecule has 0 unspecified atom stereocenters. The Labute approximate surface area is 193 Å². The Morgan fingerprint density at radius 3 is 2.23 bits per heavy atom. The van der Waals surface area contributed by atoms with Crippen molar-refractivity contribution in [2.75, 3.05) is 0 Å². The molecule has 0 spiro atoms. The SMILES string of the molecule is CC[C@H](C(=O)NC(C)(C)C)N(Cc1ccc(Cl)c(Cl)c1)C(=O)Cc1ccccc1Cl. The lowest BCUT2D eigenvalue weighted by Crippen LogP contribution is -2.53. The number of amides is 2. The molecule has 30 heavy (non-hydrogen) atoms. The number of carbonyl (C=O) groups is 2. The molecule has 0 bridgehead atoms. The van der Waals surface area contributed by atoms with Crippen LogP contribution in [0, 0.1) is 0 Å². The van der Waals surface area contributed by atoms with Gasteiger partial charge >= 0.3 is 0 Å². The minimum absolute atomic E-state index is 0.0975. The Balaban J connectivity index is 2.36. The quantitative estimate of drug-likeness (QED) is 0.548. The summed E-state index contributed by atoms with van der Waals surface area (Å²) in [5.74, 6) is -0.386. The van der Waals surface area contributed by atoms with Gasteiger partial charge in [0.1, 0.15) is 6.04 Å².